The molecule has 21 heavy (non-hydrogen) atoms. The number of carbonyl (C=O) groups is 3. The largest absolute Gasteiger partial charge is 0.347 e. The number of hydrogen-bond donors (Lipinski definition) is 0. The summed E-state index contributed by atoms with van der Waals surface area (Å²) in [4.78, 5) is 37.8. The van der Waals surface area contributed by atoms with Gasteiger partial charge < -0.3 is 9.80 Å². The molecule has 0 saturated carbocycles. The Balaban J connectivity index is 3.06. The van der Waals surface area contributed by atoms with Gasteiger partial charge in [0.1, 0.15) is 12.3 Å². The Morgan fingerprint density at radius 2 is 1.76 bits per heavy atom. The molecule has 0 spiro atoms. The lowest BCUT2D eigenvalue weighted by Gasteiger charge is -2.27. The van der Waals surface area contributed by atoms with Crippen LogP contribution >= 0.6 is 0 Å². The van der Waals surface area contributed by atoms with E-state index < -0.39 is 6.04 Å². The fourth-order valence-electron chi connectivity index (χ4n) is 1.89. The third-order valence-corrected chi connectivity index (χ3v) is 3.25. The fraction of sp³-hybridized carbons (Fsp3) is 0.312. The first-order chi connectivity index (χ1) is 9.90. The van der Waals surface area contributed by atoms with Crippen LogP contribution in [0, 0.1) is 0 Å². The van der Waals surface area contributed by atoms with E-state index in [9.17, 15) is 14.4 Å². The summed E-state index contributed by atoms with van der Waals surface area (Å²) in [6.45, 7) is 1.68. The van der Waals surface area contributed by atoms with Crippen molar-refractivity contribution in [1.29, 1.82) is 0 Å². The van der Waals surface area contributed by atoms with Crippen molar-refractivity contribution < 1.29 is 14.4 Å². The second-order valence-corrected chi connectivity index (χ2v) is 4.91. The number of nitrogens with zero attached hydrogens (tertiary/aromatic N) is 2. The van der Waals surface area contributed by atoms with E-state index in [-0.39, 0.29) is 11.8 Å². The zero-order valence-electron chi connectivity index (χ0n) is 12.7. The van der Waals surface area contributed by atoms with E-state index in [1.54, 1.807) is 58.4 Å². The molecular weight excluding hydrogens is 268 g/mol. The number of hydrogen-bond acceptors (Lipinski definition) is 3. The van der Waals surface area contributed by atoms with Crippen LogP contribution in [0.5, 0.6) is 0 Å². The summed E-state index contributed by atoms with van der Waals surface area (Å²) >= 11 is 0. The maximum Gasteiger partial charge on any atom is 0.254 e. The highest BCUT2D eigenvalue weighted by atomic mass is 16.2. The predicted molar refractivity (Wildman–Crippen MR) is 81.8 cm³/mol. The van der Waals surface area contributed by atoms with Gasteiger partial charge in [-0.25, -0.2) is 0 Å². The van der Waals surface area contributed by atoms with Gasteiger partial charge in [-0.3, -0.25) is 14.4 Å². The van der Waals surface area contributed by atoms with E-state index in [0.29, 0.717) is 17.4 Å². The summed E-state index contributed by atoms with van der Waals surface area (Å²) < 4.78 is 0. The Labute approximate surface area is 124 Å². The molecule has 0 aromatic heterocycles. The van der Waals surface area contributed by atoms with Gasteiger partial charge in [0.05, 0.1) is 0 Å². The van der Waals surface area contributed by atoms with Crippen molar-refractivity contribution in [3.63, 3.8) is 0 Å². The minimum Gasteiger partial charge on any atom is -0.347 e. The van der Waals surface area contributed by atoms with E-state index in [1.165, 1.54) is 15.9 Å². The van der Waals surface area contributed by atoms with Gasteiger partial charge in [0, 0.05) is 26.7 Å². The van der Waals surface area contributed by atoms with E-state index in [4.69, 9.17) is 0 Å². The van der Waals surface area contributed by atoms with Crippen molar-refractivity contribution in [2.75, 3.05) is 21.1 Å². The number of carbonyl (C=O) groups excluding carboxylic acids is 3. The van der Waals surface area contributed by atoms with Crippen molar-refractivity contribution in [2.24, 2.45) is 0 Å². The Morgan fingerprint density at radius 3 is 2.33 bits per heavy atom. The smallest absolute Gasteiger partial charge is 0.254 e. The van der Waals surface area contributed by atoms with Crippen LogP contribution in [0.3, 0.4) is 0 Å². The fourth-order valence-corrected chi connectivity index (χ4v) is 1.89. The summed E-state index contributed by atoms with van der Waals surface area (Å²) in [5, 5.41) is 0. The van der Waals surface area contributed by atoms with Crippen molar-refractivity contribution in [1.82, 2.24) is 9.80 Å². The van der Waals surface area contributed by atoms with E-state index >= 15 is 0 Å². The molecular formula is C16H20N2O3. The summed E-state index contributed by atoms with van der Waals surface area (Å²) in [6.07, 6.45) is 3.57. The molecule has 0 N–H and O–H groups in total. The number of allylic oxidation sites excluding steroid dienone is 1. The molecule has 1 rings (SSSR count). The molecule has 0 radical (unpaired) electrons. The second kappa shape index (κ2) is 7.38. The SMILES string of the molecule is CC(C(=O)N(C)C)N(C)C(=O)c1ccccc1/C=C/C=O. The number of aldehydes is 1. The monoisotopic (exact) mass is 288 g/mol. The predicted octanol–water partition coefficient (Wildman–Crippen LogP) is 1.45. The van der Waals surface area contributed by atoms with Gasteiger partial charge in [-0.15, -0.1) is 0 Å². The van der Waals surface area contributed by atoms with Crippen molar-refractivity contribution in [2.45, 2.75) is 13.0 Å². The van der Waals surface area contributed by atoms with Gasteiger partial charge in [0.2, 0.25) is 5.91 Å². The maximum absolute atomic E-state index is 12.5. The van der Waals surface area contributed by atoms with E-state index in [0.717, 1.165) is 0 Å². The first-order valence-corrected chi connectivity index (χ1v) is 6.59. The average molecular weight is 288 g/mol. The molecule has 1 aromatic carbocycles. The molecule has 112 valence electrons. The summed E-state index contributed by atoms with van der Waals surface area (Å²) in [6, 6.07) is 6.40. The molecule has 0 heterocycles. The minimum absolute atomic E-state index is 0.147. The molecule has 0 fully saturated rings. The quantitative estimate of drug-likeness (QED) is 0.608. The molecule has 0 saturated heterocycles. The topological polar surface area (TPSA) is 57.7 Å². The molecule has 2 amide bonds. The lowest BCUT2D eigenvalue weighted by atomic mass is 10.1. The molecule has 5 heteroatoms. The third-order valence-electron chi connectivity index (χ3n) is 3.25. The Hall–Kier alpha value is -2.43. The standard InChI is InChI=1S/C16H20N2O3/c1-12(15(20)17(2)3)18(4)16(21)14-10-6-5-8-13(14)9-7-11-19/h5-12H,1-4H3/b9-7+. The van der Waals surface area contributed by atoms with Gasteiger partial charge in [-0.2, -0.15) is 0 Å². The first-order valence-electron chi connectivity index (χ1n) is 6.59. The van der Waals surface area contributed by atoms with Crippen LogP contribution in [0.4, 0.5) is 0 Å². The number of benzene rings is 1. The number of rotatable bonds is 5. The average Bonchev–Trinajstić information content (AvgIpc) is 2.50. The summed E-state index contributed by atoms with van der Waals surface area (Å²) in [5.74, 6) is -0.407. The van der Waals surface area contributed by atoms with Crippen LogP contribution in [0.1, 0.15) is 22.8 Å². The van der Waals surface area contributed by atoms with Gasteiger partial charge in [-0.1, -0.05) is 24.3 Å². The highest BCUT2D eigenvalue weighted by Gasteiger charge is 2.25. The van der Waals surface area contributed by atoms with E-state index in [1.807, 2.05) is 0 Å². The first kappa shape index (κ1) is 16.6. The van der Waals surface area contributed by atoms with Crippen LogP contribution in [0.15, 0.2) is 30.3 Å². The second-order valence-electron chi connectivity index (χ2n) is 4.91. The highest BCUT2D eigenvalue weighted by molar-refractivity contribution is 6.00. The normalized spacial score (nSPS) is 12.0. The van der Waals surface area contributed by atoms with Crippen molar-refractivity contribution >= 4 is 24.2 Å². The molecule has 0 aliphatic rings. The Kier molecular flexibility index (Phi) is 5.84. The number of amides is 2. The van der Waals surface area contributed by atoms with Gasteiger partial charge in [-0.05, 0) is 24.6 Å². The molecule has 1 atom stereocenters. The molecule has 0 aliphatic carbocycles. The maximum atomic E-state index is 12.5. The lowest BCUT2D eigenvalue weighted by molar-refractivity contribution is -0.132. The summed E-state index contributed by atoms with van der Waals surface area (Å²) in [7, 11) is 4.89. The summed E-state index contributed by atoms with van der Waals surface area (Å²) in [5.41, 5.74) is 1.10. The third kappa shape index (κ3) is 4.02. The minimum atomic E-state index is -0.560. The van der Waals surface area contributed by atoms with Gasteiger partial charge >= 0.3 is 0 Å². The van der Waals surface area contributed by atoms with Gasteiger partial charge in [0.25, 0.3) is 5.91 Å². The van der Waals surface area contributed by atoms with E-state index in [2.05, 4.69) is 0 Å². The van der Waals surface area contributed by atoms with Crippen molar-refractivity contribution in [3.8, 4) is 0 Å². The zero-order valence-corrected chi connectivity index (χ0v) is 12.7. The Bertz CT molecular complexity index is 564. The molecule has 1 unspecified atom stereocenters. The van der Waals surface area contributed by atoms with Crippen LogP contribution in [0.2, 0.25) is 0 Å². The molecule has 1 aromatic rings. The number of likely N-dealkylation sites (N-methyl/N-ethyl adjacent to an activating group) is 2. The van der Waals surface area contributed by atoms with Crippen LogP contribution in [-0.2, 0) is 9.59 Å². The lowest BCUT2D eigenvalue weighted by Crippen LogP contribution is -2.45. The highest BCUT2D eigenvalue weighted by Crippen LogP contribution is 2.14. The van der Waals surface area contributed by atoms with Crippen molar-refractivity contribution in [3.05, 3.63) is 41.5 Å². The Morgan fingerprint density at radius 1 is 1.14 bits per heavy atom. The van der Waals surface area contributed by atoms with Crippen LogP contribution < -0.4 is 0 Å². The van der Waals surface area contributed by atoms with Gasteiger partial charge in [0.15, 0.2) is 0 Å². The molecule has 0 aliphatic heterocycles. The van der Waals surface area contributed by atoms with Crippen LogP contribution in [-0.4, -0.2) is 55.1 Å². The molecule has 0 bridgehead atoms. The zero-order chi connectivity index (χ0) is 16.0. The van der Waals surface area contributed by atoms with Crippen LogP contribution in [0.25, 0.3) is 6.08 Å². The molecule has 5 nitrogen and oxygen atoms in total.